The van der Waals surface area contributed by atoms with Crippen LogP contribution in [-0.4, -0.2) is 0 Å². The van der Waals surface area contributed by atoms with E-state index in [9.17, 15) is 8.78 Å². The lowest BCUT2D eigenvalue weighted by atomic mass is 10.1. The molecular formula is C9H8ClF2N. The second kappa shape index (κ2) is 4.80. The monoisotopic (exact) mass is 203 g/mol. The van der Waals surface area contributed by atoms with Crippen molar-refractivity contribution in [2.75, 3.05) is 0 Å². The van der Waals surface area contributed by atoms with Crippen molar-refractivity contribution in [3.8, 4) is 12.3 Å². The van der Waals surface area contributed by atoms with Crippen LogP contribution in [0, 0.1) is 24.0 Å². The van der Waals surface area contributed by atoms with Crippen molar-refractivity contribution >= 4 is 12.4 Å². The lowest BCUT2D eigenvalue weighted by Crippen LogP contribution is -2.00. The fourth-order valence-electron chi connectivity index (χ4n) is 0.881. The minimum atomic E-state index is -0.738. The molecule has 0 aliphatic rings. The lowest BCUT2D eigenvalue weighted by Gasteiger charge is -2.00. The van der Waals surface area contributed by atoms with Crippen LogP contribution in [0.3, 0.4) is 0 Å². The van der Waals surface area contributed by atoms with E-state index in [0.29, 0.717) is 5.56 Å². The van der Waals surface area contributed by atoms with E-state index >= 15 is 0 Å². The van der Waals surface area contributed by atoms with Crippen LogP contribution >= 0.6 is 12.4 Å². The predicted octanol–water partition coefficient (Wildman–Crippen LogP) is 1.83. The first-order valence-corrected chi connectivity index (χ1v) is 3.33. The molecule has 70 valence electrons. The third-order valence-electron chi connectivity index (χ3n) is 1.48. The average molecular weight is 204 g/mol. The summed E-state index contributed by atoms with van der Waals surface area (Å²) in [7, 11) is 0. The first-order valence-electron chi connectivity index (χ1n) is 3.33. The summed E-state index contributed by atoms with van der Waals surface area (Å²) in [5, 5.41) is 0. The van der Waals surface area contributed by atoms with Gasteiger partial charge >= 0.3 is 0 Å². The van der Waals surface area contributed by atoms with E-state index in [4.69, 9.17) is 12.2 Å². The third kappa shape index (κ3) is 2.41. The third-order valence-corrected chi connectivity index (χ3v) is 1.48. The molecule has 0 bridgehead atoms. The normalized spacial score (nSPS) is 8.77. The second-order valence-electron chi connectivity index (χ2n) is 2.28. The van der Waals surface area contributed by atoms with Crippen molar-refractivity contribution in [1.29, 1.82) is 0 Å². The lowest BCUT2D eigenvalue weighted by molar-refractivity contribution is 0.574. The molecule has 0 atom stereocenters. The van der Waals surface area contributed by atoms with Gasteiger partial charge in [0.05, 0.1) is 5.56 Å². The summed E-state index contributed by atoms with van der Waals surface area (Å²) in [6.45, 7) is 0.0959. The fourth-order valence-corrected chi connectivity index (χ4v) is 0.881. The Balaban J connectivity index is 0.00000144. The van der Waals surface area contributed by atoms with Gasteiger partial charge < -0.3 is 5.73 Å². The van der Waals surface area contributed by atoms with E-state index in [-0.39, 0.29) is 24.5 Å². The molecule has 0 aromatic heterocycles. The zero-order valence-corrected chi connectivity index (χ0v) is 7.50. The van der Waals surface area contributed by atoms with Crippen molar-refractivity contribution in [2.24, 2.45) is 5.73 Å². The standard InChI is InChI=1S/C9H7F2N.ClH/c1-2-7-8(10)3-6(5-12)4-9(7)11;/h1,3-4H,5,12H2;1H. The summed E-state index contributed by atoms with van der Waals surface area (Å²) in [5.41, 5.74) is 5.25. The zero-order chi connectivity index (χ0) is 9.14. The summed E-state index contributed by atoms with van der Waals surface area (Å²) in [4.78, 5) is 0. The summed E-state index contributed by atoms with van der Waals surface area (Å²) in [6, 6.07) is 2.27. The van der Waals surface area contributed by atoms with Gasteiger partial charge in [-0.15, -0.1) is 18.8 Å². The number of hydrogen-bond donors (Lipinski definition) is 1. The Hall–Kier alpha value is -1.11. The highest BCUT2D eigenvalue weighted by Gasteiger charge is 2.07. The topological polar surface area (TPSA) is 26.0 Å². The van der Waals surface area contributed by atoms with E-state index in [0.717, 1.165) is 12.1 Å². The number of benzene rings is 1. The van der Waals surface area contributed by atoms with Crippen molar-refractivity contribution in [1.82, 2.24) is 0 Å². The molecule has 4 heteroatoms. The molecule has 1 aromatic carbocycles. The van der Waals surface area contributed by atoms with Crippen molar-refractivity contribution < 1.29 is 8.78 Å². The van der Waals surface area contributed by atoms with E-state index in [2.05, 4.69) is 0 Å². The van der Waals surface area contributed by atoms with Gasteiger partial charge in [0.25, 0.3) is 0 Å². The van der Waals surface area contributed by atoms with Crippen LogP contribution in [0.2, 0.25) is 0 Å². The first kappa shape index (κ1) is 11.9. The van der Waals surface area contributed by atoms with Gasteiger partial charge in [-0.25, -0.2) is 8.78 Å². The molecule has 0 spiro atoms. The van der Waals surface area contributed by atoms with E-state index < -0.39 is 11.6 Å². The SMILES string of the molecule is C#Cc1c(F)cc(CN)cc1F.Cl. The van der Waals surface area contributed by atoms with E-state index in [1.807, 2.05) is 5.92 Å². The Morgan fingerprint density at radius 1 is 1.31 bits per heavy atom. The van der Waals surface area contributed by atoms with E-state index in [1.165, 1.54) is 0 Å². The Bertz CT molecular complexity index is 321. The average Bonchev–Trinajstić information content (AvgIpc) is 2.03. The summed E-state index contributed by atoms with van der Waals surface area (Å²) in [6.07, 6.45) is 4.88. The highest BCUT2D eigenvalue weighted by molar-refractivity contribution is 5.85. The zero-order valence-electron chi connectivity index (χ0n) is 6.68. The number of terminal acetylenes is 1. The van der Waals surface area contributed by atoms with Gasteiger partial charge in [0.2, 0.25) is 0 Å². The smallest absolute Gasteiger partial charge is 0.142 e. The maximum atomic E-state index is 12.9. The molecule has 0 aliphatic heterocycles. The number of hydrogen-bond acceptors (Lipinski definition) is 1. The van der Waals surface area contributed by atoms with Gasteiger partial charge in [-0.2, -0.15) is 0 Å². The Kier molecular flexibility index (Phi) is 4.39. The predicted molar refractivity (Wildman–Crippen MR) is 49.4 cm³/mol. The second-order valence-corrected chi connectivity index (χ2v) is 2.28. The summed E-state index contributed by atoms with van der Waals surface area (Å²) < 4.78 is 25.7. The molecule has 0 heterocycles. The van der Waals surface area contributed by atoms with Crippen molar-refractivity contribution in [3.63, 3.8) is 0 Å². The molecule has 0 amide bonds. The molecule has 1 rings (SSSR count). The van der Waals surface area contributed by atoms with Gasteiger partial charge in [-0.05, 0) is 17.7 Å². The molecule has 0 fully saturated rings. The highest BCUT2D eigenvalue weighted by Crippen LogP contribution is 2.13. The number of rotatable bonds is 1. The molecule has 1 aromatic rings. The Morgan fingerprint density at radius 2 is 1.77 bits per heavy atom. The minimum absolute atomic E-state index is 0. The van der Waals surface area contributed by atoms with Gasteiger partial charge in [0.15, 0.2) is 0 Å². The molecule has 2 N–H and O–H groups in total. The highest BCUT2D eigenvalue weighted by atomic mass is 35.5. The number of halogens is 3. The van der Waals surface area contributed by atoms with Crippen LogP contribution in [0.1, 0.15) is 11.1 Å². The van der Waals surface area contributed by atoms with Crippen LogP contribution in [0.25, 0.3) is 0 Å². The minimum Gasteiger partial charge on any atom is -0.326 e. The van der Waals surface area contributed by atoms with Crippen LogP contribution in [0.5, 0.6) is 0 Å². The molecule has 0 saturated carbocycles. The Morgan fingerprint density at radius 3 is 2.08 bits per heavy atom. The first-order chi connectivity index (χ1) is 5.69. The van der Waals surface area contributed by atoms with Crippen LogP contribution < -0.4 is 5.73 Å². The summed E-state index contributed by atoms with van der Waals surface area (Å²) >= 11 is 0. The maximum Gasteiger partial charge on any atom is 0.142 e. The Labute approximate surface area is 81.3 Å². The van der Waals surface area contributed by atoms with E-state index in [1.54, 1.807) is 0 Å². The van der Waals surface area contributed by atoms with Gasteiger partial charge in [0, 0.05) is 6.54 Å². The van der Waals surface area contributed by atoms with Crippen LogP contribution in [0.4, 0.5) is 8.78 Å². The summed E-state index contributed by atoms with van der Waals surface area (Å²) in [5.74, 6) is 0.448. The molecule has 0 aliphatic carbocycles. The van der Waals surface area contributed by atoms with Gasteiger partial charge in [-0.3, -0.25) is 0 Å². The van der Waals surface area contributed by atoms with Gasteiger partial charge in [0.1, 0.15) is 11.6 Å². The molecule has 1 nitrogen and oxygen atoms in total. The quantitative estimate of drug-likeness (QED) is 0.693. The maximum absolute atomic E-state index is 12.9. The van der Waals surface area contributed by atoms with Gasteiger partial charge in [-0.1, -0.05) is 5.92 Å². The molecule has 0 unspecified atom stereocenters. The largest absolute Gasteiger partial charge is 0.326 e. The number of nitrogens with two attached hydrogens (primary N) is 1. The fraction of sp³-hybridized carbons (Fsp3) is 0.111. The molecular weight excluding hydrogens is 196 g/mol. The van der Waals surface area contributed by atoms with Crippen LogP contribution in [-0.2, 0) is 6.54 Å². The molecule has 13 heavy (non-hydrogen) atoms. The molecule has 0 radical (unpaired) electrons. The molecule has 0 saturated heterocycles. The van der Waals surface area contributed by atoms with Crippen LogP contribution in [0.15, 0.2) is 12.1 Å². The van der Waals surface area contributed by atoms with Crippen molar-refractivity contribution in [2.45, 2.75) is 6.54 Å². The van der Waals surface area contributed by atoms with Crippen molar-refractivity contribution in [3.05, 3.63) is 34.9 Å².